The molecule has 7 rings (SSSR count). The van der Waals surface area contributed by atoms with Crippen molar-refractivity contribution in [2.75, 3.05) is 4.90 Å². The van der Waals surface area contributed by atoms with Gasteiger partial charge in [-0.1, -0.05) is 97.1 Å². The van der Waals surface area contributed by atoms with Gasteiger partial charge < -0.3 is 19.4 Å². The fourth-order valence-electron chi connectivity index (χ4n) is 5.40. The molecule has 6 aromatic carbocycles. The van der Waals surface area contributed by atoms with Gasteiger partial charge in [0, 0.05) is 33.9 Å². The van der Waals surface area contributed by atoms with Crippen LogP contribution < -0.4 is 10.4 Å². The predicted octanol–water partition coefficient (Wildman–Crippen LogP) is 8.07. The molecule has 7 aromatic rings. The van der Waals surface area contributed by atoms with Crippen LogP contribution >= 0.6 is 0 Å². The molecular weight excluding hydrogens is 505 g/mol. The number of fused-ring (bicyclic) bond motifs is 3. The SMILES string of the molecule is OB(O)c1ccc2c(c1)oc1cc(N(c3ccc(-c4ccccc4)cc3)c3ccc(-c4ccccc4)cc3)ccc12. The molecule has 0 aliphatic carbocycles. The third-order valence-electron chi connectivity index (χ3n) is 7.50. The lowest BCUT2D eigenvalue weighted by Crippen LogP contribution is -2.29. The van der Waals surface area contributed by atoms with Gasteiger partial charge in [-0.3, -0.25) is 0 Å². The first-order chi connectivity index (χ1) is 20.1. The highest BCUT2D eigenvalue weighted by molar-refractivity contribution is 6.58. The summed E-state index contributed by atoms with van der Waals surface area (Å²) in [5.74, 6) is 0. The summed E-state index contributed by atoms with van der Waals surface area (Å²) in [7, 11) is -1.55. The minimum absolute atomic E-state index is 0.399. The summed E-state index contributed by atoms with van der Waals surface area (Å²) in [6.45, 7) is 0. The first-order valence-electron chi connectivity index (χ1n) is 13.6. The van der Waals surface area contributed by atoms with Crippen molar-refractivity contribution in [2.24, 2.45) is 0 Å². The molecule has 1 heterocycles. The molecule has 0 unspecified atom stereocenters. The lowest BCUT2D eigenvalue weighted by Gasteiger charge is -2.26. The average Bonchev–Trinajstić information content (AvgIpc) is 3.40. The van der Waals surface area contributed by atoms with Crippen LogP contribution in [0.3, 0.4) is 0 Å². The molecule has 0 fully saturated rings. The van der Waals surface area contributed by atoms with E-state index in [0.29, 0.717) is 11.0 Å². The normalized spacial score (nSPS) is 11.2. The molecule has 4 nitrogen and oxygen atoms in total. The van der Waals surface area contributed by atoms with Gasteiger partial charge in [-0.05, 0) is 70.2 Å². The largest absolute Gasteiger partial charge is 0.488 e. The van der Waals surface area contributed by atoms with Gasteiger partial charge in [0.1, 0.15) is 11.2 Å². The van der Waals surface area contributed by atoms with Crippen LogP contribution in [0.25, 0.3) is 44.2 Å². The molecule has 0 saturated heterocycles. The molecule has 0 bridgehead atoms. The molecule has 0 aliphatic heterocycles. The van der Waals surface area contributed by atoms with E-state index in [1.807, 2.05) is 24.3 Å². The minimum Gasteiger partial charge on any atom is -0.456 e. The molecule has 1 aromatic heterocycles. The van der Waals surface area contributed by atoms with Crippen molar-refractivity contribution >= 4 is 51.6 Å². The van der Waals surface area contributed by atoms with Gasteiger partial charge >= 0.3 is 7.12 Å². The van der Waals surface area contributed by atoms with E-state index < -0.39 is 7.12 Å². The molecule has 0 spiro atoms. The van der Waals surface area contributed by atoms with Gasteiger partial charge in [0.05, 0.1) is 0 Å². The maximum Gasteiger partial charge on any atom is 0.488 e. The molecule has 5 heteroatoms. The third kappa shape index (κ3) is 4.78. The summed E-state index contributed by atoms with van der Waals surface area (Å²) < 4.78 is 6.21. The Morgan fingerprint density at radius 3 is 1.39 bits per heavy atom. The van der Waals surface area contributed by atoms with E-state index >= 15 is 0 Å². The van der Waals surface area contributed by atoms with E-state index in [9.17, 15) is 10.0 Å². The summed E-state index contributed by atoms with van der Waals surface area (Å²) in [5.41, 5.74) is 9.42. The summed E-state index contributed by atoms with van der Waals surface area (Å²) in [6.07, 6.45) is 0. The quantitative estimate of drug-likeness (QED) is 0.213. The van der Waals surface area contributed by atoms with Crippen molar-refractivity contribution in [1.29, 1.82) is 0 Å². The standard InChI is InChI=1S/C36H26BNO3/c39-37(40)29-15-21-33-34-22-20-32(24-36(34)41-35(33)23-29)38(30-16-11-27(12-17-30)25-7-3-1-4-8-25)31-18-13-28(14-19-31)26-9-5-2-6-10-26/h1-24,39-40H. The Bertz CT molecular complexity index is 1870. The highest BCUT2D eigenvalue weighted by atomic mass is 16.4. The van der Waals surface area contributed by atoms with Crippen molar-refractivity contribution < 1.29 is 14.5 Å². The van der Waals surface area contributed by atoms with Crippen molar-refractivity contribution in [3.8, 4) is 22.3 Å². The Morgan fingerprint density at radius 1 is 0.439 bits per heavy atom. The second kappa shape index (κ2) is 10.5. The van der Waals surface area contributed by atoms with Crippen molar-refractivity contribution in [2.45, 2.75) is 0 Å². The first kappa shape index (κ1) is 24.9. The second-order valence-electron chi connectivity index (χ2n) is 10.1. The number of anilines is 3. The lowest BCUT2D eigenvalue weighted by atomic mass is 9.80. The molecule has 0 amide bonds. The maximum atomic E-state index is 9.62. The van der Waals surface area contributed by atoms with Crippen molar-refractivity contribution in [1.82, 2.24) is 0 Å². The molecule has 0 atom stereocenters. The van der Waals surface area contributed by atoms with Gasteiger partial charge in [0.15, 0.2) is 0 Å². The van der Waals surface area contributed by atoms with Gasteiger partial charge in [-0.25, -0.2) is 0 Å². The summed E-state index contributed by atoms with van der Waals surface area (Å²) in [6, 6.07) is 49.4. The van der Waals surface area contributed by atoms with Crippen LogP contribution in [0.1, 0.15) is 0 Å². The van der Waals surface area contributed by atoms with E-state index in [1.165, 1.54) is 11.1 Å². The topological polar surface area (TPSA) is 56.8 Å². The molecule has 196 valence electrons. The highest BCUT2D eigenvalue weighted by Gasteiger charge is 2.18. The number of rotatable bonds is 6. The van der Waals surface area contributed by atoms with Gasteiger partial charge in [-0.2, -0.15) is 0 Å². The number of benzene rings is 6. The van der Waals surface area contributed by atoms with Crippen LogP contribution in [0, 0.1) is 0 Å². The molecule has 0 saturated carbocycles. The highest BCUT2D eigenvalue weighted by Crippen LogP contribution is 2.39. The van der Waals surface area contributed by atoms with Gasteiger partial charge in [0.2, 0.25) is 0 Å². The molecular formula is C36H26BNO3. The Labute approximate surface area is 238 Å². The van der Waals surface area contributed by atoms with Crippen molar-refractivity contribution in [3.63, 3.8) is 0 Å². The van der Waals surface area contributed by atoms with E-state index in [2.05, 4.69) is 114 Å². The monoisotopic (exact) mass is 531 g/mol. The van der Waals surface area contributed by atoms with Crippen LogP contribution in [0.2, 0.25) is 0 Å². The fourth-order valence-corrected chi connectivity index (χ4v) is 5.40. The van der Waals surface area contributed by atoms with E-state index in [4.69, 9.17) is 4.42 Å². The summed E-state index contributed by atoms with van der Waals surface area (Å²) in [4.78, 5) is 2.22. The third-order valence-corrected chi connectivity index (χ3v) is 7.50. The number of nitrogens with zero attached hydrogens (tertiary/aromatic N) is 1. The van der Waals surface area contributed by atoms with Gasteiger partial charge in [-0.15, -0.1) is 0 Å². The number of hydrogen-bond donors (Lipinski definition) is 2. The smallest absolute Gasteiger partial charge is 0.456 e. The van der Waals surface area contributed by atoms with Crippen LogP contribution in [0.15, 0.2) is 150 Å². The Hall–Kier alpha value is -5.10. The molecule has 2 N–H and O–H groups in total. The van der Waals surface area contributed by atoms with E-state index in [0.717, 1.165) is 44.5 Å². The zero-order chi connectivity index (χ0) is 27.8. The van der Waals surface area contributed by atoms with Crippen LogP contribution in [0.4, 0.5) is 17.1 Å². The molecule has 41 heavy (non-hydrogen) atoms. The maximum absolute atomic E-state index is 9.62. The first-order valence-corrected chi connectivity index (χ1v) is 13.6. The van der Waals surface area contributed by atoms with Gasteiger partial charge in [0.25, 0.3) is 0 Å². The second-order valence-corrected chi connectivity index (χ2v) is 10.1. The minimum atomic E-state index is -1.55. The van der Waals surface area contributed by atoms with Crippen molar-refractivity contribution in [3.05, 3.63) is 146 Å². The van der Waals surface area contributed by atoms with Crippen LogP contribution in [-0.4, -0.2) is 17.2 Å². The lowest BCUT2D eigenvalue weighted by molar-refractivity contribution is 0.425. The van der Waals surface area contributed by atoms with E-state index in [-0.39, 0.29) is 0 Å². The summed E-state index contributed by atoms with van der Waals surface area (Å²) >= 11 is 0. The van der Waals surface area contributed by atoms with Crippen LogP contribution in [-0.2, 0) is 0 Å². The number of furan rings is 1. The Morgan fingerprint density at radius 2 is 0.878 bits per heavy atom. The Balaban J connectivity index is 1.33. The average molecular weight is 531 g/mol. The molecule has 0 aliphatic rings. The zero-order valence-corrected chi connectivity index (χ0v) is 22.2. The number of hydrogen-bond acceptors (Lipinski definition) is 4. The zero-order valence-electron chi connectivity index (χ0n) is 22.2. The summed E-state index contributed by atoms with van der Waals surface area (Å²) in [5, 5.41) is 21.1. The molecule has 0 radical (unpaired) electrons. The Kier molecular flexibility index (Phi) is 6.36. The van der Waals surface area contributed by atoms with E-state index in [1.54, 1.807) is 12.1 Å². The predicted molar refractivity (Wildman–Crippen MR) is 169 cm³/mol. The fraction of sp³-hybridized carbons (Fsp3) is 0. The van der Waals surface area contributed by atoms with Crippen LogP contribution in [0.5, 0.6) is 0 Å².